The number of benzene rings is 1. The molecule has 0 aromatic heterocycles. The molecular formula is C18H26Cl3N3O2. The minimum absolute atomic E-state index is 0. The van der Waals surface area contributed by atoms with Crippen molar-refractivity contribution in [2.24, 2.45) is 5.73 Å². The highest BCUT2D eigenvalue weighted by atomic mass is 35.5. The maximum absolute atomic E-state index is 12.6. The van der Waals surface area contributed by atoms with Crippen LogP contribution < -0.4 is 5.73 Å². The van der Waals surface area contributed by atoms with Crippen molar-refractivity contribution in [2.45, 2.75) is 32.1 Å². The van der Waals surface area contributed by atoms with Gasteiger partial charge >= 0.3 is 0 Å². The van der Waals surface area contributed by atoms with Crippen molar-refractivity contribution in [3.63, 3.8) is 0 Å². The SMILES string of the molecule is Cl.NCCCCCCC(=O)N1CCN(C(=O)c2c(Cl)cccc2Cl)CC1. The molecule has 0 aliphatic carbocycles. The van der Waals surface area contributed by atoms with E-state index in [1.165, 1.54) is 0 Å². The molecule has 0 atom stereocenters. The number of rotatable bonds is 7. The summed E-state index contributed by atoms with van der Waals surface area (Å²) < 4.78 is 0. The number of unbranched alkanes of at least 4 members (excludes halogenated alkanes) is 3. The topological polar surface area (TPSA) is 66.6 Å². The van der Waals surface area contributed by atoms with Gasteiger partial charge in [-0.2, -0.15) is 0 Å². The molecular weight excluding hydrogens is 397 g/mol. The van der Waals surface area contributed by atoms with Gasteiger partial charge in [-0.15, -0.1) is 12.4 Å². The van der Waals surface area contributed by atoms with E-state index in [-0.39, 0.29) is 24.2 Å². The third-order valence-corrected chi connectivity index (χ3v) is 5.07. The lowest BCUT2D eigenvalue weighted by Crippen LogP contribution is -2.50. The van der Waals surface area contributed by atoms with Gasteiger partial charge in [-0.25, -0.2) is 0 Å². The summed E-state index contributed by atoms with van der Waals surface area (Å²) in [6.45, 7) is 2.81. The summed E-state index contributed by atoms with van der Waals surface area (Å²) >= 11 is 12.2. The van der Waals surface area contributed by atoms with Gasteiger partial charge in [0.15, 0.2) is 0 Å². The second-order valence-electron chi connectivity index (χ2n) is 6.22. The molecule has 1 heterocycles. The van der Waals surface area contributed by atoms with E-state index in [0.29, 0.717) is 54.8 Å². The van der Waals surface area contributed by atoms with Gasteiger partial charge in [-0.3, -0.25) is 9.59 Å². The van der Waals surface area contributed by atoms with Crippen LogP contribution in [0.4, 0.5) is 0 Å². The summed E-state index contributed by atoms with van der Waals surface area (Å²) in [6.07, 6.45) is 4.58. The molecule has 26 heavy (non-hydrogen) atoms. The van der Waals surface area contributed by atoms with E-state index in [2.05, 4.69) is 0 Å². The fourth-order valence-electron chi connectivity index (χ4n) is 2.95. The number of hydrogen-bond donors (Lipinski definition) is 1. The largest absolute Gasteiger partial charge is 0.339 e. The molecule has 1 aromatic rings. The number of nitrogens with zero attached hydrogens (tertiary/aromatic N) is 2. The van der Waals surface area contributed by atoms with Gasteiger partial charge in [0.05, 0.1) is 15.6 Å². The van der Waals surface area contributed by atoms with Crippen LogP contribution in [-0.4, -0.2) is 54.3 Å². The quantitative estimate of drug-likeness (QED) is 0.683. The van der Waals surface area contributed by atoms with Gasteiger partial charge in [-0.05, 0) is 31.5 Å². The third kappa shape index (κ3) is 6.31. The molecule has 0 radical (unpaired) electrons. The summed E-state index contributed by atoms with van der Waals surface area (Å²) in [6, 6.07) is 5.03. The molecule has 0 unspecified atom stereocenters. The number of halogens is 3. The summed E-state index contributed by atoms with van der Waals surface area (Å²) in [7, 11) is 0. The average molecular weight is 423 g/mol. The average Bonchev–Trinajstić information content (AvgIpc) is 2.61. The highest BCUT2D eigenvalue weighted by Gasteiger charge is 2.26. The summed E-state index contributed by atoms with van der Waals surface area (Å²) in [4.78, 5) is 28.4. The van der Waals surface area contributed by atoms with Crippen LogP contribution in [0.1, 0.15) is 42.5 Å². The molecule has 1 aliphatic heterocycles. The molecule has 1 saturated heterocycles. The van der Waals surface area contributed by atoms with Crippen LogP contribution in [0.3, 0.4) is 0 Å². The van der Waals surface area contributed by atoms with Crippen molar-refractivity contribution in [3.05, 3.63) is 33.8 Å². The first-order valence-electron chi connectivity index (χ1n) is 8.75. The van der Waals surface area contributed by atoms with E-state index in [1.807, 2.05) is 4.90 Å². The zero-order valence-electron chi connectivity index (χ0n) is 14.8. The number of amides is 2. The number of piperazine rings is 1. The zero-order chi connectivity index (χ0) is 18.2. The van der Waals surface area contributed by atoms with Crippen LogP contribution >= 0.6 is 35.6 Å². The number of carbonyl (C=O) groups excluding carboxylic acids is 2. The van der Waals surface area contributed by atoms with E-state index in [4.69, 9.17) is 28.9 Å². The number of carbonyl (C=O) groups is 2. The Kier molecular flexibility index (Phi) is 10.3. The maximum atomic E-state index is 12.6. The molecule has 1 fully saturated rings. The third-order valence-electron chi connectivity index (χ3n) is 4.44. The molecule has 0 saturated carbocycles. The van der Waals surface area contributed by atoms with Crippen LogP contribution in [0.2, 0.25) is 10.0 Å². The Morgan fingerprint density at radius 2 is 1.46 bits per heavy atom. The molecule has 2 amide bonds. The highest BCUT2D eigenvalue weighted by molar-refractivity contribution is 6.39. The van der Waals surface area contributed by atoms with E-state index in [9.17, 15) is 9.59 Å². The lowest BCUT2D eigenvalue weighted by atomic mass is 10.1. The fraction of sp³-hybridized carbons (Fsp3) is 0.556. The first-order valence-corrected chi connectivity index (χ1v) is 9.51. The molecule has 2 N–H and O–H groups in total. The van der Waals surface area contributed by atoms with Crippen LogP contribution in [0.25, 0.3) is 0 Å². The second-order valence-corrected chi connectivity index (χ2v) is 7.04. The van der Waals surface area contributed by atoms with Gasteiger partial charge in [0.1, 0.15) is 0 Å². The standard InChI is InChI=1S/C18H25Cl2N3O2.ClH/c19-14-6-5-7-15(20)17(14)18(25)23-12-10-22(11-13-23)16(24)8-3-1-2-4-9-21;/h5-7H,1-4,8-13,21H2;1H. The normalized spacial score (nSPS) is 14.1. The van der Waals surface area contributed by atoms with Crippen molar-refractivity contribution in [3.8, 4) is 0 Å². The van der Waals surface area contributed by atoms with E-state index in [0.717, 1.165) is 25.7 Å². The zero-order valence-corrected chi connectivity index (χ0v) is 17.1. The lowest BCUT2D eigenvalue weighted by molar-refractivity contribution is -0.132. The monoisotopic (exact) mass is 421 g/mol. The molecule has 2 rings (SSSR count). The van der Waals surface area contributed by atoms with Crippen LogP contribution in [0.5, 0.6) is 0 Å². The Morgan fingerprint density at radius 1 is 0.923 bits per heavy atom. The van der Waals surface area contributed by atoms with Crippen molar-refractivity contribution >= 4 is 47.4 Å². The van der Waals surface area contributed by atoms with Crippen molar-refractivity contribution < 1.29 is 9.59 Å². The first kappa shape index (κ1) is 23.0. The number of hydrogen-bond acceptors (Lipinski definition) is 3. The molecule has 0 spiro atoms. The van der Waals surface area contributed by atoms with Crippen molar-refractivity contribution in [1.82, 2.24) is 9.80 Å². The van der Waals surface area contributed by atoms with Gasteiger partial charge in [0.2, 0.25) is 5.91 Å². The molecule has 146 valence electrons. The first-order chi connectivity index (χ1) is 12.0. The Bertz CT molecular complexity index is 585. The predicted molar refractivity (Wildman–Crippen MR) is 108 cm³/mol. The van der Waals surface area contributed by atoms with Gasteiger partial charge < -0.3 is 15.5 Å². The van der Waals surface area contributed by atoms with E-state index < -0.39 is 0 Å². The Labute approximate surface area is 171 Å². The van der Waals surface area contributed by atoms with Gasteiger partial charge in [-0.1, -0.05) is 42.1 Å². The summed E-state index contributed by atoms with van der Waals surface area (Å²) in [5.41, 5.74) is 5.80. The second kappa shape index (κ2) is 11.7. The highest BCUT2D eigenvalue weighted by Crippen LogP contribution is 2.26. The molecule has 1 aliphatic rings. The molecule has 5 nitrogen and oxygen atoms in total. The van der Waals surface area contributed by atoms with Crippen LogP contribution in [0, 0.1) is 0 Å². The van der Waals surface area contributed by atoms with Crippen LogP contribution in [0.15, 0.2) is 18.2 Å². The minimum atomic E-state index is -0.176. The fourth-order valence-corrected chi connectivity index (χ4v) is 3.51. The van der Waals surface area contributed by atoms with Gasteiger partial charge in [0, 0.05) is 32.6 Å². The minimum Gasteiger partial charge on any atom is -0.339 e. The van der Waals surface area contributed by atoms with Crippen molar-refractivity contribution in [1.29, 1.82) is 0 Å². The molecule has 1 aromatic carbocycles. The Morgan fingerprint density at radius 3 is 2.04 bits per heavy atom. The Hall–Kier alpha value is -1.01. The Balaban J connectivity index is 0.00000338. The maximum Gasteiger partial charge on any atom is 0.257 e. The number of nitrogens with two attached hydrogens (primary N) is 1. The lowest BCUT2D eigenvalue weighted by Gasteiger charge is -2.35. The smallest absolute Gasteiger partial charge is 0.257 e. The molecule has 8 heteroatoms. The summed E-state index contributed by atoms with van der Waals surface area (Å²) in [5.74, 6) is -0.0138. The van der Waals surface area contributed by atoms with Crippen molar-refractivity contribution in [2.75, 3.05) is 32.7 Å². The molecule has 0 bridgehead atoms. The van der Waals surface area contributed by atoms with E-state index in [1.54, 1.807) is 23.1 Å². The predicted octanol–water partition coefficient (Wildman–Crippen LogP) is 3.61. The van der Waals surface area contributed by atoms with Gasteiger partial charge in [0.25, 0.3) is 5.91 Å². The van der Waals surface area contributed by atoms with Crippen LogP contribution in [-0.2, 0) is 4.79 Å². The van der Waals surface area contributed by atoms with E-state index >= 15 is 0 Å². The summed E-state index contributed by atoms with van der Waals surface area (Å²) in [5, 5.41) is 0.710.